The third-order valence-corrected chi connectivity index (χ3v) is 5.51. The molecule has 4 heteroatoms. The summed E-state index contributed by atoms with van der Waals surface area (Å²) >= 11 is 0. The van der Waals surface area contributed by atoms with Crippen LogP contribution in [0, 0.1) is 0 Å². The summed E-state index contributed by atoms with van der Waals surface area (Å²) in [5.74, 6) is 0.267. The third kappa shape index (κ3) is 23.4. The highest BCUT2D eigenvalue weighted by Gasteiger charge is 2.07. The van der Waals surface area contributed by atoms with E-state index in [0.29, 0.717) is 0 Å². The van der Waals surface area contributed by atoms with Gasteiger partial charge in [0.05, 0.1) is 0 Å². The molecule has 0 aliphatic rings. The quantitative estimate of drug-likeness (QED) is 0.221. The lowest BCUT2D eigenvalue weighted by Crippen LogP contribution is -2.30. The van der Waals surface area contributed by atoms with E-state index in [1.165, 1.54) is 116 Å². The van der Waals surface area contributed by atoms with Crippen molar-refractivity contribution in [1.82, 2.24) is 4.90 Å². The van der Waals surface area contributed by atoms with Crippen LogP contribution in [-0.2, 0) is 4.79 Å². The van der Waals surface area contributed by atoms with Crippen molar-refractivity contribution < 1.29 is 15.7 Å². The van der Waals surface area contributed by atoms with Crippen molar-refractivity contribution in [1.29, 1.82) is 0 Å². The molecule has 0 aromatic heterocycles. The lowest BCUT2D eigenvalue weighted by atomic mass is 10.1. The first-order chi connectivity index (χ1) is 12.7. The Morgan fingerprint density at radius 3 is 1.00 bits per heavy atom. The van der Waals surface area contributed by atoms with Crippen LogP contribution in [0.3, 0.4) is 0 Å². The fourth-order valence-corrected chi connectivity index (χ4v) is 3.65. The van der Waals surface area contributed by atoms with Gasteiger partial charge in [0.15, 0.2) is 0 Å². The number of rotatable bonds is 20. The van der Waals surface area contributed by atoms with E-state index in [4.69, 9.17) is 0 Å². The van der Waals surface area contributed by atoms with Crippen molar-refractivity contribution in [2.24, 2.45) is 0 Å². The highest BCUT2D eigenvalue weighted by Crippen LogP contribution is 2.12. The molecule has 0 aliphatic carbocycles. The summed E-state index contributed by atoms with van der Waals surface area (Å²) in [5, 5.41) is 0. The number of carbonyl (C=O) groups excluding carboxylic acids is 1. The third-order valence-electron chi connectivity index (χ3n) is 5.51. The summed E-state index contributed by atoms with van der Waals surface area (Å²) in [7, 11) is 0. The van der Waals surface area contributed by atoms with Gasteiger partial charge in [-0.1, -0.05) is 117 Å². The fourth-order valence-electron chi connectivity index (χ4n) is 3.65. The van der Waals surface area contributed by atoms with Crippen LogP contribution >= 0.6 is 0 Å². The monoisotopic (exact) mass is 403 g/mol. The molecule has 0 spiro atoms. The Morgan fingerprint density at radius 1 is 0.500 bits per heavy atom. The van der Waals surface area contributed by atoms with Crippen molar-refractivity contribution in [2.75, 3.05) is 13.1 Å². The Bertz CT molecular complexity index is 298. The molecule has 0 rings (SSSR count). The SMILES string of the molecule is CCCCCCCCCCCCN(CCCCCCCCCC)C(C)=O.O.O. The zero-order chi connectivity index (χ0) is 19.3. The summed E-state index contributed by atoms with van der Waals surface area (Å²) in [4.78, 5) is 13.9. The molecule has 0 unspecified atom stereocenters. The number of amides is 1. The maximum absolute atomic E-state index is 11.8. The number of unbranched alkanes of at least 4 members (excludes halogenated alkanes) is 16. The molecule has 0 atom stereocenters. The van der Waals surface area contributed by atoms with Gasteiger partial charge in [0.1, 0.15) is 0 Å². The lowest BCUT2D eigenvalue weighted by molar-refractivity contribution is -0.129. The molecule has 28 heavy (non-hydrogen) atoms. The molecule has 0 aromatic carbocycles. The van der Waals surface area contributed by atoms with E-state index in [9.17, 15) is 4.79 Å². The highest BCUT2D eigenvalue weighted by molar-refractivity contribution is 5.73. The van der Waals surface area contributed by atoms with Gasteiger partial charge >= 0.3 is 0 Å². The molecule has 4 nitrogen and oxygen atoms in total. The topological polar surface area (TPSA) is 83.3 Å². The normalized spacial score (nSPS) is 10.2. The molecule has 172 valence electrons. The molecular weight excluding hydrogens is 350 g/mol. The Labute approximate surface area is 176 Å². The van der Waals surface area contributed by atoms with Gasteiger partial charge in [-0.3, -0.25) is 4.79 Å². The van der Waals surface area contributed by atoms with Gasteiger partial charge in [-0.2, -0.15) is 0 Å². The molecule has 0 bridgehead atoms. The van der Waals surface area contributed by atoms with E-state index in [1.807, 2.05) is 0 Å². The van der Waals surface area contributed by atoms with Gasteiger partial charge in [0.25, 0.3) is 0 Å². The molecule has 0 aliphatic heterocycles. The second-order valence-electron chi connectivity index (χ2n) is 8.16. The minimum absolute atomic E-state index is 0. The highest BCUT2D eigenvalue weighted by atomic mass is 16.2. The van der Waals surface area contributed by atoms with Crippen molar-refractivity contribution in [3.63, 3.8) is 0 Å². The van der Waals surface area contributed by atoms with E-state index in [1.54, 1.807) is 6.92 Å². The average molecular weight is 404 g/mol. The second kappa shape index (κ2) is 26.4. The summed E-state index contributed by atoms with van der Waals surface area (Å²) in [5.41, 5.74) is 0. The molecule has 0 saturated carbocycles. The van der Waals surface area contributed by atoms with Crippen LogP contribution < -0.4 is 0 Å². The van der Waals surface area contributed by atoms with E-state index in [-0.39, 0.29) is 16.9 Å². The largest absolute Gasteiger partial charge is 0.412 e. The van der Waals surface area contributed by atoms with Gasteiger partial charge in [0, 0.05) is 20.0 Å². The smallest absolute Gasteiger partial charge is 0.219 e. The van der Waals surface area contributed by atoms with Crippen LogP contribution in [0.15, 0.2) is 0 Å². The van der Waals surface area contributed by atoms with Crippen molar-refractivity contribution in [3.8, 4) is 0 Å². The van der Waals surface area contributed by atoms with Gasteiger partial charge in [-0.25, -0.2) is 0 Å². The van der Waals surface area contributed by atoms with Crippen molar-refractivity contribution >= 4 is 5.91 Å². The van der Waals surface area contributed by atoms with E-state index in [0.717, 1.165) is 13.1 Å². The first-order valence-corrected chi connectivity index (χ1v) is 12.0. The Balaban J connectivity index is -0.00000312. The lowest BCUT2D eigenvalue weighted by Gasteiger charge is -2.21. The number of carbonyl (C=O) groups is 1. The summed E-state index contributed by atoms with van der Waals surface area (Å²) in [6, 6.07) is 0. The predicted molar refractivity (Wildman–Crippen MR) is 124 cm³/mol. The van der Waals surface area contributed by atoms with Crippen LogP contribution in [0.4, 0.5) is 0 Å². The van der Waals surface area contributed by atoms with Gasteiger partial charge in [0.2, 0.25) is 5.91 Å². The van der Waals surface area contributed by atoms with E-state index < -0.39 is 0 Å². The van der Waals surface area contributed by atoms with Gasteiger partial charge < -0.3 is 15.9 Å². The minimum Gasteiger partial charge on any atom is -0.412 e. The molecule has 0 radical (unpaired) electrons. The van der Waals surface area contributed by atoms with Crippen LogP contribution in [0.1, 0.15) is 136 Å². The van der Waals surface area contributed by atoms with Crippen molar-refractivity contribution in [2.45, 2.75) is 136 Å². The summed E-state index contributed by atoms with van der Waals surface area (Å²) < 4.78 is 0. The maximum Gasteiger partial charge on any atom is 0.219 e. The molecule has 0 saturated heterocycles. The van der Waals surface area contributed by atoms with Gasteiger partial charge in [-0.05, 0) is 12.8 Å². The van der Waals surface area contributed by atoms with Crippen LogP contribution in [0.2, 0.25) is 0 Å². The number of hydrogen-bond donors (Lipinski definition) is 0. The van der Waals surface area contributed by atoms with Crippen LogP contribution in [0.25, 0.3) is 0 Å². The zero-order valence-electron chi connectivity index (χ0n) is 19.5. The molecule has 4 N–H and O–H groups in total. The predicted octanol–water partition coefficient (Wildman–Crippen LogP) is 6.25. The number of hydrogen-bond acceptors (Lipinski definition) is 1. The van der Waals surface area contributed by atoms with Crippen molar-refractivity contribution in [3.05, 3.63) is 0 Å². The minimum atomic E-state index is 0. The molecular formula is C24H53NO3. The average Bonchev–Trinajstić information content (AvgIpc) is 2.63. The first-order valence-electron chi connectivity index (χ1n) is 12.0. The maximum atomic E-state index is 11.8. The van der Waals surface area contributed by atoms with Crippen LogP contribution in [-0.4, -0.2) is 34.8 Å². The molecule has 0 aromatic rings. The second-order valence-corrected chi connectivity index (χ2v) is 8.16. The first kappa shape index (κ1) is 32.1. The molecule has 1 amide bonds. The zero-order valence-corrected chi connectivity index (χ0v) is 19.5. The van der Waals surface area contributed by atoms with E-state index in [2.05, 4.69) is 18.7 Å². The molecule has 0 heterocycles. The Kier molecular flexibility index (Phi) is 30.2. The Morgan fingerprint density at radius 2 is 0.750 bits per heavy atom. The standard InChI is InChI=1S/C24H49NO.2H2O/c1-4-6-8-10-12-14-15-17-19-21-23-25(24(3)26)22-20-18-16-13-11-9-7-5-2;;/h4-23H2,1-3H3;2*1H2. The Hall–Kier alpha value is -0.610. The molecule has 0 fully saturated rings. The van der Waals surface area contributed by atoms with E-state index >= 15 is 0 Å². The van der Waals surface area contributed by atoms with Crippen LogP contribution in [0.5, 0.6) is 0 Å². The van der Waals surface area contributed by atoms with Gasteiger partial charge in [-0.15, -0.1) is 0 Å². The summed E-state index contributed by atoms with van der Waals surface area (Å²) in [6.07, 6.45) is 24.3. The summed E-state index contributed by atoms with van der Waals surface area (Å²) in [6.45, 7) is 8.23. The fraction of sp³-hybridized carbons (Fsp3) is 0.958. The number of nitrogens with zero attached hydrogens (tertiary/aromatic N) is 1.